The maximum Gasteiger partial charge on any atom is 0.0721 e. The summed E-state index contributed by atoms with van der Waals surface area (Å²) in [6.07, 6.45) is 17.9. The quantitative estimate of drug-likeness (QED) is 0.221. The van der Waals surface area contributed by atoms with E-state index in [4.69, 9.17) is 16.3 Å². The third kappa shape index (κ3) is 15.2. The molecule has 0 bridgehead atoms. The van der Waals surface area contributed by atoms with Gasteiger partial charge in [-0.2, -0.15) is 0 Å². The van der Waals surface area contributed by atoms with E-state index >= 15 is 0 Å². The predicted molar refractivity (Wildman–Crippen MR) is 81.2 cm³/mol. The van der Waals surface area contributed by atoms with Crippen LogP contribution in [0.15, 0.2) is 42.2 Å². The minimum atomic E-state index is 0.628. The Morgan fingerprint density at radius 3 is 2.50 bits per heavy atom. The summed E-state index contributed by atoms with van der Waals surface area (Å²) >= 11 is 5.52. The summed E-state index contributed by atoms with van der Waals surface area (Å²) in [5.74, 6) is 0.652. The van der Waals surface area contributed by atoms with Gasteiger partial charge in [-0.15, -0.1) is 17.3 Å². The number of alkyl halides is 1. The van der Waals surface area contributed by atoms with Gasteiger partial charge in [0.05, 0.1) is 13.2 Å². The van der Waals surface area contributed by atoms with Gasteiger partial charge in [-0.05, 0) is 37.8 Å². The lowest BCUT2D eigenvalue weighted by Gasteiger charge is -1.95. The van der Waals surface area contributed by atoms with Gasteiger partial charge in [0.1, 0.15) is 0 Å². The van der Waals surface area contributed by atoms with E-state index < -0.39 is 0 Å². The molecule has 0 amide bonds. The highest BCUT2D eigenvalue weighted by atomic mass is 35.5. The van der Waals surface area contributed by atoms with Gasteiger partial charge >= 0.3 is 0 Å². The fourth-order valence-corrected chi connectivity index (χ4v) is 1.35. The summed E-state index contributed by atoms with van der Waals surface area (Å²) in [5, 5.41) is 0. The number of allylic oxidation sites excluding steroid dienone is 3. The van der Waals surface area contributed by atoms with Gasteiger partial charge in [-0.3, -0.25) is 0 Å². The third-order valence-corrected chi connectivity index (χ3v) is 2.40. The average Bonchev–Trinajstić information content (AvgIpc) is 2.39. The Balaban J connectivity index is 3.29. The van der Waals surface area contributed by atoms with Gasteiger partial charge in [0.2, 0.25) is 0 Å². The monoisotopic (exact) mass is 268 g/mol. The molecule has 0 atom stereocenters. The van der Waals surface area contributed by atoms with Crippen LogP contribution in [0.25, 0.3) is 0 Å². The molecule has 0 spiro atoms. The summed E-state index contributed by atoms with van der Waals surface area (Å²) in [4.78, 5) is 0. The van der Waals surface area contributed by atoms with E-state index in [0.717, 1.165) is 25.9 Å². The number of rotatable bonds is 11. The molecule has 0 aliphatic carbocycles. The Morgan fingerprint density at radius 2 is 1.78 bits per heavy atom. The molecule has 0 aromatic carbocycles. The lowest BCUT2D eigenvalue weighted by Crippen LogP contribution is -1.91. The highest BCUT2D eigenvalue weighted by Crippen LogP contribution is 1.94. The molecule has 0 heterocycles. The fourth-order valence-electron chi connectivity index (χ4n) is 1.24. The summed E-state index contributed by atoms with van der Waals surface area (Å²) in [7, 11) is 0. The molecular formula is C16H25ClO. The molecule has 0 unspecified atom stereocenters. The number of hydrogen-bond donors (Lipinski definition) is 0. The van der Waals surface area contributed by atoms with Crippen molar-refractivity contribution in [2.45, 2.75) is 39.0 Å². The highest BCUT2D eigenvalue weighted by molar-refractivity contribution is 6.17. The van der Waals surface area contributed by atoms with Crippen molar-refractivity contribution in [2.75, 3.05) is 19.1 Å². The second-order valence-electron chi connectivity index (χ2n) is 3.88. The van der Waals surface area contributed by atoms with Gasteiger partial charge in [-0.25, -0.2) is 0 Å². The van der Waals surface area contributed by atoms with Crippen molar-refractivity contribution in [1.29, 1.82) is 0 Å². The van der Waals surface area contributed by atoms with Crippen molar-refractivity contribution < 1.29 is 4.74 Å². The third-order valence-electron chi connectivity index (χ3n) is 2.18. The summed E-state index contributed by atoms with van der Waals surface area (Å²) in [5.41, 5.74) is 3.03. The van der Waals surface area contributed by atoms with Gasteiger partial charge in [0.15, 0.2) is 0 Å². The lowest BCUT2D eigenvalue weighted by atomic mass is 10.2. The van der Waals surface area contributed by atoms with E-state index in [1.165, 1.54) is 12.8 Å². The Hall–Kier alpha value is -0.750. The maximum atomic E-state index is 5.52. The first-order valence-corrected chi connectivity index (χ1v) is 7.28. The van der Waals surface area contributed by atoms with Crippen molar-refractivity contribution >= 4 is 11.6 Å². The van der Waals surface area contributed by atoms with Crippen LogP contribution in [0.1, 0.15) is 39.0 Å². The molecule has 0 rings (SSSR count). The molecule has 0 N–H and O–H groups in total. The van der Waals surface area contributed by atoms with E-state index in [1.807, 2.05) is 12.2 Å². The van der Waals surface area contributed by atoms with E-state index in [9.17, 15) is 0 Å². The molecule has 2 heteroatoms. The Bertz CT molecular complexity index is 273. The first-order valence-electron chi connectivity index (χ1n) is 6.75. The minimum absolute atomic E-state index is 0.628. The molecule has 102 valence electrons. The van der Waals surface area contributed by atoms with Crippen LogP contribution in [0.2, 0.25) is 0 Å². The smallest absolute Gasteiger partial charge is 0.0721 e. The molecular weight excluding hydrogens is 244 g/mol. The van der Waals surface area contributed by atoms with E-state index in [2.05, 4.69) is 37.0 Å². The molecule has 0 aliphatic rings. The van der Waals surface area contributed by atoms with Gasteiger partial charge in [0, 0.05) is 5.88 Å². The van der Waals surface area contributed by atoms with Gasteiger partial charge in [0.25, 0.3) is 0 Å². The molecule has 0 aromatic rings. The molecule has 0 fully saturated rings. The fraction of sp³-hybridized carbons (Fsp3) is 0.562. The van der Waals surface area contributed by atoms with Crippen molar-refractivity contribution in [3.63, 3.8) is 0 Å². The molecule has 0 radical (unpaired) electrons. The molecule has 0 saturated carbocycles. The molecule has 1 nitrogen and oxygen atoms in total. The Morgan fingerprint density at radius 1 is 1.00 bits per heavy atom. The summed E-state index contributed by atoms with van der Waals surface area (Å²) in [6.45, 7) is 3.59. The zero-order valence-corrected chi connectivity index (χ0v) is 12.2. The standard InChI is InChI=1S/C16H25ClO/c1-2-3-4-5-6-7-9-12-15-18-16-13-10-8-11-14-17/h4-5,7-9,13H,2-3,6,11-12,14-16H2,1H3/b5-4-,9-7-. The predicted octanol–water partition coefficient (Wildman–Crippen LogP) is 5.04. The number of hydrogen-bond acceptors (Lipinski definition) is 1. The normalized spacial score (nSPS) is 11.0. The second kappa shape index (κ2) is 16.2. The van der Waals surface area contributed by atoms with Crippen LogP contribution in [0.4, 0.5) is 0 Å². The summed E-state index contributed by atoms with van der Waals surface area (Å²) in [6, 6.07) is 0. The maximum absolute atomic E-state index is 5.52. The van der Waals surface area contributed by atoms with Crippen LogP contribution < -0.4 is 0 Å². The average molecular weight is 269 g/mol. The topological polar surface area (TPSA) is 9.23 Å². The molecule has 0 aromatic heterocycles. The zero-order valence-electron chi connectivity index (χ0n) is 11.4. The van der Waals surface area contributed by atoms with Crippen LogP contribution in [-0.4, -0.2) is 19.1 Å². The molecule has 0 saturated heterocycles. The van der Waals surface area contributed by atoms with Crippen LogP contribution >= 0.6 is 11.6 Å². The second-order valence-corrected chi connectivity index (χ2v) is 4.26. The van der Waals surface area contributed by atoms with Crippen molar-refractivity contribution in [2.24, 2.45) is 0 Å². The first-order chi connectivity index (χ1) is 8.91. The van der Waals surface area contributed by atoms with Crippen LogP contribution in [0, 0.1) is 0 Å². The number of unbranched alkanes of at least 4 members (excludes halogenated alkanes) is 1. The number of ether oxygens (including phenoxy) is 1. The molecule has 0 aliphatic heterocycles. The van der Waals surface area contributed by atoms with Gasteiger partial charge in [-0.1, -0.05) is 37.6 Å². The summed E-state index contributed by atoms with van der Waals surface area (Å²) < 4.78 is 5.42. The minimum Gasteiger partial charge on any atom is -0.376 e. The van der Waals surface area contributed by atoms with Crippen LogP contribution in [-0.2, 0) is 4.74 Å². The molecule has 18 heavy (non-hydrogen) atoms. The van der Waals surface area contributed by atoms with E-state index in [1.54, 1.807) is 0 Å². The zero-order chi connectivity index (χ0) is 13.3. The van der Waals surface area contributed by atoms with Crippen LogP contribution in [0.5, 0.6) is 0 Å². The van der Waals surface area contributed by atoms with Crippen LogP contribution in [0.3, 0.4) is 0 Å². The largest absolute Gasteiger partial charge is 0.376 e. The van der Waals surface area contributed by atoms with Crippen molar-refractivity contribution in [3.8, 4) is 0 Å². The van der Waals surface area contributed by atoms with E-state index in [-0.39, 0.29) is 0 Å². The van der Waals surface area contributed by atoms with Crippen molar-refractivity contribution in [1.82, 2.24) is 0 Å². The lowest BCUT2D eigenvalue weighted by molar-refractivity contribution is 0.167. The highest BCUT2D eigenvalue weighted by Gasteiger charge is 1.81. The van der Waals surface area contributed by atoms with Crippen molar-refractivity contribution in [3.05, 3.63) is 42.2 Å². The first kappa shape index (κ1) is 17.2. The van der Waals surface area contributed by atoms with E-state index in [0.29, 0.717) is 12.5 Å². The van der Waals surface area contributed by atoms with Gasteiger partial charge < -0.3 is 4.74 Å². The Kier molecular flexibility index (Phi) is 15.6. The Labute approximate surface area is 117 Å². The SMILES string of the molecule is CCC/C=C\C/C=C\CCOCC=C=CCCCl. The number of halogens is 1.